The molecule has 0 amide bonds. The van der Waals surface area contributed by atoms with Crippen LogP contribution in [0.15, 0.2) is 265 Å². The molecule has 0 saturated heterocycles. The molecule has 11 aromatic carbocycles. The fraction of sp³-hybridized carbons (Fsp3) is 0.0149. The quantitative estimate of drug-likeness (QED) is 0.151. The molecule has 1 aliphatic rings. The third-order valence-electron chi connectivity index (χ3n) is 14.6. The van der Waals surface area contributed by atoms with E-state index in [9.17, 15) is 0 Å². The summed E-state index contributed by atoms with van der Waals surface area (Å²) in [4.78, 5) is 2.41. The SMILES string of the molecule is c1ccc(C2(c3ccccc3)c3ccccc3-c3cc(N(c4ccc(-c5ccc(-c6cccc7c6sc6ccccc67)cc5)cc4)c4ccc(-c5ccc6oc7ccccc7c6c5)cc4)ccc32)cc1. The zero-order valence-corrected chi connectivity index (χ0v) is 38.9. The van der Waals surface area contributed by atoms with Gasteiger partial charge in [0.05, 0.1) is 5.41 Å². The minimum absolute atomic E-state index is 0.470. The van der Waals surface area contributed by atoms with Gasteiger partial charge in [-0.3, -0.25) is 0 Å². The van der Waals surface area contributed by atoms with Gasteiger partial charge in [0.1, 0.15) is 11.2 Å². The third kappa shape index (κ3) is 6.32. The van der Waals surface area contributed by atoms with E-state index in [1.807, 2.05) is 23.5 Å². The van der Waals surface area contributed by atoms with Gasteiger partial charge >= 0.3 is 0 Å². The van der Waals surface area contributed by atoms with E-state index < -0.39 is 5.41 Å². The number of rotatable bonds is 8. The Bertz CT molecular complexity index is 4050. The molecule has 0 atom stereocenters. The van der Waals surface area contributed by atoms with Gasteiger partial charge in [0.25, 0.3) is 0 Å². The molecule has 0 spiro atoms. The molecule has 13 aromatic rings. The minimum atomic E-state index is -0.470. The number of furan rings is 1. The summed E-state index contributed by atoms with van der Waals surface area (Å²) in [6.07, 6.45) is 0. The lowest BCUT2D eigenvalue weighted by Crippen LogP contribution is -2.28. The molecule has 0 N–H and O–H groups in total. The van der Waals surface area contributed by atoms with Crippen LogP contribution in [0.3, 0.4) is 0 Å². The molecular weight excluding hydrogens is 867 g/mol. The lowest BCUT2D eigenvalue weighted by molar-refractivity contribution is 0.669. The van der Waals surface area contributed by atoms with Crippen molar-refractivity contribution in [3.8, 4) is 44.5 Å². The van der Waals surface area contributed by atoms with Gasteiger partial charge in [0.2, 0.25) is 0 Å². The van der Waals surface area contributed by atoms with Gasteiger partial charge in [-0.05, 0) is 127 Å². The number of nitrogens with zero attached hydrogens (tertiary/aromatic N) is 1. The van der Waals surface area contributed by atoms with Crippen LogP contribution < -0.4 is 4.90 Å². The van der Waals surface area contributed by atoms with Crippen molar-refractivity contribution in [1.82, 2.24) is 0 Å². The largest absolute Gasteiger partial charge is 0.456 e. The van der Waals surface area contributed by atoms with Crippen LogP contribution >= 0.6 is 11.3 Å². The van der Waals surface area contributed by atoms with Crippen molar-refractivity contribution >= 4 is 70.5 Å². The van der Waals surface area contributed by atoms with E-state index in [1.54, 1.807) is 0 Å². The third-order valence-corrected chi connectivity index (χ3v) is 15.8. The van der Waals surface area contributed by atoms with Crippen molar-refractivity contribution in [3.05, 3.63) is 283 Å². The normalized spacial score (nSPS) is 12.7. The molecule has 70 heavy (non-hydrogen) atoms. The molecule has 0 fully saturated rings. The maximum absolute atomic E-state index is 6.19. The second kappa shape index (κ2) is 16.2. The molecule has 0 radical (unpaired) electrons. The Balaban J connectivity index is 0.875. The molecule has 2 nitrogen and oxygen atoms in total. The Hall–Kier alpha value is -8.76. The maximum Gasteiger partial charge on any atom is 0.135 e. The second-order valence-corrected chi connectivity index (χ2v) is 19.4. The molecule has 3 heteroatoms. The molecule has 328 valence electrons. The minimum Gasteiger partial charge on any atom is -0.456 e. The van der Waals surface area contributed by atoms with Crippen LogP contribution in [0.5, 0.6) is 0 Å². The number of anilines is 3. The highest BCUT2D eigenvalue weighted by Crippen LogP contribution is 2.57. The molecule has 2 aromatic heterocycles. The Kier molecular flexibility index (Phi) is 9.33. The lowest BCUT2D eigenvalue weighted by Gasteiger charge is -2.34. The van der Waals surface area contributed by atoms with Crippen LogP contribution in [0.4, 0.5) is 17.1 Å². The van der Waals surface area contributed by atoms with E-state index in [0.717, 1.165) is 50.1 Å². The fourth-order valence-corrected chi connectivity index (χ4v) is 12.6. The van der Waals surface area contributed by atoms with Crippen molar-refractivity contribution in [2.45, 2.75) is 5.41 Å². The first-order valence-corrected chi connectivity index (χ1v) is 24.8. The van der Waals surface area contributed by atoms with E-state index in [0.29, 0.717) is 0 Å². The van der Waals surface area contributed by atoms with E-state index in [4.69, 9.17) is 4.42 Å². The number of thiophene rings is 1. The van der Waals surface area contributed by atoms with Gasteiger partial charge in [-0.25, -0.2) is 0 Å². The Morgan fingerprint density at radius 1 is 0.314 bits per heavy atom. The van der Waals surface area contributed by atoms with E-state index >= 15 is 0 Å². The van der Waals surface area contributed by atoms with Crippen molar-refractivity contribution in [3.63, 3.8) is 0 Å². The Labute approximate surface area is 410 Å². The topological polar surface area (TPSA) is 16.4 Å². The van der Waals surface area contributed by atoms with Crippen LogP contribution in [0, 0.1) is 0 Å². The second-order valence-electron chi connectivity index (χ2n) is 18.4. The highest BCUT2D eigenvalue weighted by molar-refractivity contribution is 7.26. The predicted molar refractivity (Wildman–Crippen MR) is 295 cm³/mol. The molecule has 0 saturated carbocycles. The summed E-state index contributed by atoms with van der Waals surface area (Å²) in [7, 11) is 0. The van der Waals surface area contributed by atoms with Crippen molar-refractivity contribution in [1.29, 1.82) is 0 Å². The molecule has 0 bridgehead atoms. The predicted octanol–water partition coefficient (Wildman–Crippen LogP) is 18.8. The van der Waals surface area contributed by atoms with E-state index in [-0.39, 0.29) is 0 Å². The number of benzene rings is 11. The first-order valence-electron chi connectivity index (χ1n) is 24.0. The van der Waals surface area contributed by atoms with Gasteiger partial charge in [0, 0.05) is 48.0 Å². The molecule has 1 aliphatic carbocycles. The highest BCUT2D eigenvalue weighted by Gasteiger charge is 2.46. The number of para-hydroxylation sites is 1. The molecular formula is C67H43NOS. The highest BCUT2D eigenvalue weighted by atomic mass is 32.1. The summed E-state index contributed by atoms with van der Waals surface area (Å²) < 4.78 is 8.85. The van der Waals surface area contributed by atoms with Gasteiger partial charge in [-0.2, -0.15) is 0 Å². The van der Waals surface area contributed by atoms with E-state index in [2.05, 4.69) is 254 Å². The maximum atomic E-state index is 6.19. The fourth-order valence-electron chi connectivity index (χ4n) is 11.4. The smallest absolute Gasteiger partial charge is 0.135 e. The van der Waals surface area contributed by atoms with Crippen LogP contribution in [0.25, 0.3) is 86.6 Å². The van der Waals surface area contributed by atoms with E-state index in [1.165, 1.54) is 75.8 Å². The molecule has 2 heterocycles. The standard InChI is InChI=1S/C67H43NOS/c1-3-14-49(15-4-1)67(50-16-5-2-6-17-50)61-23-10-7-18-55(61)59-43-53(39-40-62(59)67)68(52-37-32-46(33-38-52)48-34-41-64-60(42-48)56-19-8-11-24-63(56)69-64)51-35-30-45(31-36-51)44-26-28-47(29-27-44)54-21-13-22-58-57-20-9-12-25-65(57)70-66(54)58/h1-43H. The van der Waals surface area contributed by atoms with Crippen molar-refractivity contribution in [2.24, 2.45) is 0 Å². The van der Waals surface area contributed by atoms with Crippen LogP contribution in [-0.4, -0.2) is 0 Å². The number of hydrogen-bond donors (Lipinski definition) is 0. The average molecular weight is 910 g/mol. The zero-order valence-electron chi connectivity index (χ0n) is 38.1. The molecule has 14 rings (SSSR count). The summed E-state index contributed by atoms with van der Waals surface area (Å²) >= 11 is 1.88. The van der Waals surface area contributed by atoms with Crippen molar-refractivity contribution in [2.75, 3.05) is 4.90 Å². The Morgan fingerprint density at radius 3 is 1.56 bits per heavy atom. The lowest BCUT2D eigenvalue weighted by atomic mass is 9.68. The van der Waals surface area contributed by atoms with Crippen LogP contribution in [-0.2, 0) is 5.41 Å². The summed E-state index contributed by atoms with van der Waals surface area (Å²) in [5.41, 5.74) is 19.4. The summed E-state index contributed by atoms with van der Waals surface area (Å²) in [6.45, 7) is 0. The van der Waals surface area contributed by atoms with Crippen LogP contribution in [0.2, 0.25) is 0 Å². The monoisotopic (exact) mass is 909 g/mol. The number of fused-ring (bicyclic) bond motifs is 9. The van der Waals surface area contributed by atoms with Gasteiger partial charge in [0.15, 0.2) is 0 Å². The zero-order chi connectivity index (χ0) is 46.2. The molecule has 0 aliphatic heterocycles. The summed E-state index contributed by atoms with van der Waals surface area (Å²) in [5.74, 6) is 0. The van der Waals surface area contributed by atoms with Gasteiger partial charge in [-0.15, -0.1) is 11.3 Å². The molecule has 0 unspecified atom stereocenters. The summed E-state index contributed by atoms with van der Waals surface area (Å²) in [5, 5.41) is 4.90. The Morgan fingerprint density at radius 2 is 0.829 bits per heavy atom. The first kappa shape index (κ1) is 40.3. The van der Waals surface area contributed by atoms with Crippen molar-refractivity contribution < 1.29 is 4.42 Å². The number of hydrogen-bond acceptors (Lipinski definition) is 3. The van der Waals surface area contributed by atoms with Crippen LogP contribution in [0.1, 0.15) is 22.3 Å². The van der Waals surface area contributed by atoms with Gasteiger partial charge < -0.3 is 9.32 Å². The summed E-state index contributed by atoms with van der Waals surface area (Å²) in [6, 6.07) is 95.5. The first-order chi connectivity index (χ1) is 34.7. The average Bonchev–Trinajstić information content (AvgIpc) is 4.10. The van der Waals surface area contributed by atoms with Gasteiger partial charge in [-0.1, -0.05) is 200 Å².